The fourth-order valence-corrected chi connectivity index (χ4v) is 3.48. The van der Waals surface area contributed by atoms with E-state index in [1.165, 1.54) is 0 Å². The zero-order valence-corrected chi connectivity index (χ0v) is 17.0. The molecule has 0 saturated heterocycles. The van der Waals surface area contributed by atoms with Gasteiger partial charge in [-0.25, -0.2) is 4.79 Å². The van der Waals surface area contributed by atoms with Crippen LogP contribution in [0.5, 0.6) is 0 Å². The van der Waals surface area contributed by atoms with E-state index in [1.807, 2.05) is 73.7 Å². The Morgan fingerprint density at radius 2 is 1.23 bits per heavy atom. The molecule has 0 radical (unpaired) electrons. The van der Waals surface area contributed by atoms with E-state index >= 15 is 0 Å². The normalized spacial score (nSPS) is 11.5. The van der Waals surface area contributed by atoms with Crippen LogP contribution in [0.15, 0.2) is 91.0 Å². The van der Waals surface area contributed by atoms with Gasteiger partial charge < -0.3 is 16.0 Å². The zero-order valence-electron chi connectivity index (χ0n) is 17.0. The third kappa shape index (κ3) is 6.21. The maximum Gasteiger partial charge on any atom is 0.315 e. The molecule has 0 fully saturated rings. The van der Waals surface area contributed by atoms with Gasteiger partial charge in [0.05, 0.1) is 6.54 Å². The maximum atomic E-state index is 12.4. The molecule has 3 amide bonds. The molecular formula is C25H27N3O2. The van der Waals surface area contributed by atoms with Crippen LogP contribution in [0, 0.1) is 0 Å². The van der Waals surface area contributed by atoms with Crippen molar-refractivity contribution in [1.29, 1.82) is 0 Å². The van der Waals surface area contributed by atoms with Crippen LogP contribution in [0.4, 0.5) is 4.79 Å². The SMILES string of the molecule is C[C@@H](NC(=O)CNC(=O)NCc1ccccc1)C(c1ccccc1)c1ccccc1. The second kappa shape index (κ2) is 10.8. The number of carbonyl (C=O) groups excluding carboxylic acids is 2. The molecule has 0 spiro atoms. The van der Waals surface area contributed by atoms with Crippen molar-refractivity contribution in [2.75, 3.05) is 6.54 Å². The van der Waals surface area contributed by atoms with Crippen molar-refractivity contribution in [3.05, 3.63) is 108 Å². The molecule has 0 aliphatic carbocycles. The van der Waals surface area contributed by atoms with E-state index in [0.717, 1.165) is 16.7 Å². The molecule has 5 nitrogen and oxygen atoms in total. The van der Waals surface area contributed by atoms with Crippen molar-refractivity contribution in [3.8, 4) is 0 Å². The minimum Gasteiger partial charge on any atom is -0.351 e. The summed E-state index contributed by atoms with van der Waals surface area (Å²) in [6, 6.07) is 29.3. The summed E-state index contributed by atoms with van der Waals surface area (Å²) in [4.78, 5) is 24.4. The molecule has 0 bridgehead atoms. The predicted octanol–water partition coefficient (Wildman–Crippen LogP) is 3.82. The van der Waals surface area contributed by atoms with E-state index in [4.69, 9.17) is 0 Å². The first kappa shape index (κ1) is 21.1. The summed E-state index contributed by atoms with van der Waals surface area (Å²) < 4.78 is 0. The summed E-state index contributed by atoms with van der Waals surface area (Å²) in [5.74, 6) is -0.211. The zero-order chi connectivity index (χ0) is 21.2. The van der Waals surface area contributed by atoms with E-state index in [-0.39, 0.29) is 30.4 Å². The van der Waals surface area contributed by atoms with Gasteiger partial charge in [-0.2, -0.15) is 0 Å². The van der Waals surface area contributed by atoms with Crippen molar-refractivity contribution in [1.82, 2.24) is 16.0 Å². The smallest absolute Gasteiger partial charge is 0.315 e. The quantitative estimate of drug-likeness (QED) is 0.537. The Bertz CT molecular complexity index is 891. The number of urea groups is 1. The molecule has 0 unspecified atom stereocenters. The largest absolute Gasteiger partial charge is 0.351 e. The number of benzene rings is 3. The average Bonchev–Trinajstić information content (AvgIpc) is 2.78. The molecule has 3 aromatic rings. The number of nitrogens with one attached hydrogen (secondary N) is 3. The Labute approximate surface area is 177 Å². The summed E-state index contributed by atoms with van der Waals surface area (Å²) in [6.45, 7) is 2.31. The van der Waals surface area contributed by atoms with Crippen molar-refractivity contribution in [2.24, 2.45) is 0 Å². The lowest BCUT2D eigenvalue weighted by atomic mass is 9.86. The molecule has 0 saturated carbocycles. The van der Waals surface area contributed by atoms with Crippen LogP contribution in [-0.4, -0.2) is 24.5 Å². The topological polar surface area (TPSA) is 70.2 Å². The second-order valence-corrected chi connectivity index (χ2v) is 7.18. The van der Waals surface area contributed by atoms with Crippen LogP contribution in [-0.2, 0) is 11.3 Å². The lowest BCUT2D eigenvalue weighted by Gasteiger charge is -2.26. The maximum absolute atomic E-state index is 12.4. The summed E-state index contributed by atoms with van der Waals surface area (Å²) in [5.41, 5.74) is 3.26. The van der Waals surface area contributed by atoms with Crippen LogP contribution < -0.4 is 16.0 Å². The first-order valence-corrected chi connectivity index (χ1v) is 10.1. The third-order valence-corrected chi connectivity index (χ3v) is 4.91. The van der Waals surface area contributed by atoms with Crippen molar-refractivity contribution >= 4 is 11.9 Å². The Morgan fingerprint density at radius 3 is 1.77 bits per heavy atom. The van der Waals surface area contributed by atoms with Gasteiger partial charge in [-0.1, -0.05) is 91.0 Å². The minimum absolute atomic E-state index is 0.0169. The van der Waals surface area contributed by atoms with Gasteiger partial charge in [-0.15, -0.1) is 0 Å². The first-order chi connectivity index (χ1) is 14.6. The minimum atomic E-state index is -0.371. The van der Waals surface area contributed by atoms with Crippen LogP contribution in [0.25, 0.3) is 0 Å². The van der Waals surface area contributed by atoms with Crippen LogP contribution >= 0.6 is 0 Å². The van der Waals surface area contributed by atoms with E-state index in [1.54, 1.807) is 0 Å². The summed E-state index contributed by atoms with van der Waals surface area (Å²) in [6.07, 6.45) is 0. The molecule has 0 aromatic heterocycles. The van der Waals surface area contributed by atoms with Gasteiger partial charge in [-0.05, 0) is 23.6 Å². The molecule has 5 heteroatoms. The number of carbonyl (C=O) groups is 2. The van der Waals surface area contributed by atoms with Gasteiger partial charge in [0, 0.05) is 18.5 Å². The average molecular weight is 402 g/mol. The van der Waals surface area contributed by atoms with Crippen molar-refractivity contribution in [3.63, 3.8) is 0 Å². The molecule has 3 rings (SSSR count). The molecule has 3 N–H and O–H groups in total. The summed E-state index contributed by atoms with van der Waals surface area (Å²) in [7, 11) is 0. The number of hydrogen-bond donors (Lipinski definition) is 3. The standard InChI is InChI=1S/C25H27N3O2/c1-19(24(21-13-7-3-8-14-21)22-15-9-4-10-16-22)28-23(29)18-27-25(30)26-17-20-11-5-2-6-12-20/h2-16,19,24H,17-18H2,1H3,(H,28,29)(H2,26,27,30)/t19-/m1/s1. The molecule has 0 heterocycles. The number of rotatable bonds is 8. The fourth-order valence-electron chi connectivity index (χ4n) is 3.48. The Balaban J connectivity index is 1.54. The molecule has 154 valence electrons. The Kier molecular flexibility index (Phi) is 7.61. The summed E-state index contributed by atoms with van der Waals surface area (Å²) >= 11 is 0. The fraction of sp³-hybridized carbons (Fsp3) is 0.200. The van der Waals surface area contributed by atoms with E-state index in [2.05, 4.69) is 40.2 Å². The predicted molar refractivity (Wildman–Crippen MR) is 119 cm³/mol. The number of hydrogen-bond acceptors (Lipinski definition) is 2. The monoisotopic (exact) mass is 401 g/mol. The van der Waals surface area contributed by atoms with E-state index in [0.29, 0.717) is 6.54 Å². The van der Waals surface area contributed by atoms with Crippen LogP contribution in [0.1, 0.15) is 29.5 Å². The highest BCUT2D eigenvalue weighted by Gasteiger charge is 2.22. The van der Waals surface area contributed by atoms with E-state index < -0.39 is 0 Å². The molecule has 1 atom stereocenters. The molecule has 3 aromatic carbocycles. The summed E-state index contributed by atoms with van der Waals surface area (Å²) in [5, 5.41) is 8.39. The molecule has 0 aliphatic heterocycles. The second-order valence-electron chi connectivity index (χ2n) is 7.18. The van der Waals surface area contributed by atoms with Crippen LogP contribution in [0.3, 0.4) is 0 Å². The van der Waals surface area contributed by atoms with Gasteiger partial charge >= 0.3 is 6.03 Å². The highest BCUT2D eigenvalue weighted by Crippen LogP contribution is 2.27. The van der Waals surface area contributed by atoms with Crippen molar-refractivity contribution in [2.45, 2.75) is 25.4 Å². The number of amides is 3. The van der Waals surface area contributed by atoms with Gasteiger partial charge in [0.1, 0.15) is 0 Å². The lowest BCUT2D eigenvalue weighted by Crippen LogP contribution is -2.45. The third-order valence-electron chi connectivity index (χ3n) is 4.91. The molecular weight excluding hydrogens is 374 g/mol. The lowest BCUT2D eigenvalue weighted by molar-refractivity contribution is -0.120. The van der Waals surface area contributed by atoms with Gasteiger partial charge in [0.25, 0.3) is 0 Å². The van der Waals surface area contributed by atoms with Crippen molar-refractivity contribution < 1.29 is 9.59 Å². The Morgan fingerprint density at radius 1 is 0.733 bits per heavy atom. The van der Waals surface area contributed by atoms with Gasteiger partial charge in [-0.3, -0.25) is 4.79 Å². The molecule has 30 heavy (non-hydrogen) atoms. The van der Waals surface area contributed by atoms with Crippen LogP contribution in [0.2, 0.25) is 0 Å². The highest BCUT2D eigenvalue weighted by molar-refractivity contribution is 5.84. The Hall–Kier alpha value is -3.60. The van der Waals surface area contributed by atoms with E-state index in [9.17, 15) is 9.59 Å². The first-order valence-electron chi connectivity index (χ1n) is 10.1. The van der Waals surface area contributed by atoms with Gasteiger partial charge in [0.2, 0.25) is 5.91 Å². The van der Waals surface area contributed by atoms with Gasteiger partial charge in [0.15, 0.2) is 0 Å². The highest BCUT2D eigenvalue weighted by atomic mass is 16.2. The molecule has 0 aliphatic rings.